The number of nitrogens with two attached hydrogens (primary N) is 1. The summed E-state index contributed by atoms with van der Waals surface area (Å²) in [5.74, 6) is 0. The molecule has 0 aliphatic rings. The lowest BCUT2D eigenvalue weighted by atomic mass is 9.92. The van der Waals surface area contributed by atoms with Crippen molar-refractivity contribution in [3.63, 3.8) is 0 Å². The highest BCUT2D eigenvalue weighted by molar-refractivity contribution is 5.40. The maximum Gasteiger partial charge on any atom is 0.0478 e. The second-order valence-electron chi connectivity index (χ2n) is 6.51. The Labute approximate surface area is 131 Å². The summed E-state index contributed by atoms with van der Waals surface area (Å²) in [6.07, 6.45) is 0. The Bertz CT molecular complexity index is 431. The molecule has 0 amide bonds. The third kappa shape index (κ3) is 4.53. The predicted molar refractivity (Wildman–Crippen MR) is 92.8 cm³/mol. The maximum atomic E-state index is 6.17. The Kier molecular flexibility index (Phi) is 6.85. The molecule has 0 spiro atoms. The smallest absolute Gasteiger partial charge is 0.0478 e. The summed E-state index contributed by atoms with van der Waals surface area (Å²) in [5.41, 5.74) is 11.6. The monoisotopic (exact) mass is 291 g/mol. The molecule has 2 unspecified atom stereocenters. The highest BCUT2D eigenvalue weighted by Crippen LogP contribution is 2.29. The highest BCUT2D eigenvalue weighted by atomic mass is 15.2. The van der Waals surface area contributed by atoms with E-state index in [1.807, 2.05) is 0 Å². The van der Waals surface area contributed by atoms with Crippen LogP contribution < -0.4 is 5.73 Å². The van der Waals surface area contributed by atoms with E-state index in [2.05, 4.69) is 70.6 Å². The van der Waals surface area contributed by atoms with Gasteiger partial charge in [-0.1, -0.05) is 24.6 Å². The Hall–Kier alpha value is -0.900. The van der Waals surface area contributed by atoms with Crippen molar-refractivity contribution in [1.29, 1.82) is 0 Å². The minimum atomic E-state index is 0.297. The van der Waals surface area contributed by atoms with Crippen LogP contribution in [-0.2, 0) is 0 Å². The number of rotatable bonds is 7. The first-order valence-corrected chi connectivity index (χ1v) is 8.00. The molecule has 1 rings (SSSR count). The van der Waals surface area contributed by atoms with Gasteiger partial charge in [0.25, 0.3) is 0 Å². The van der Waals surface area contributed by atoms with Gasteiger partial charge in [-0.25, -0.2) is 0 Å². The third-order valence-corrected chi connectivity index (χ3v) is 4.26. The Morgan fingerprint density at radius 1 is 1.10 bits per heavy atom. The van der Waals surface area contributed by atoms with E-state index < -0.39 is 0 Å². The number of aryl methyl sites for hydroxylation is 3. The lowest BCUT2D eigenvalue weighted by molar-refractivity contribution is 0.130. The SMILES string of the molecule is CCN(C(C)CN(C)C)C(CN)c1c(C)cc(C)cc1C. The van der Waals surface area contributed by atoms with Crippen LogP contribution in [0.4, 0.5) is 0 Å². The van der Waals surface area contributed by atoms with Gasteiger partial charge in [0.2, 0.25) is 0 Å². The first-order valence-electron chi connectivity index (χ1n) is 8.00. The van der Waals surface area contributed by atoms with Crippen molar-refractivity contribution in [3.05, 3.63) is 34.4 Å². The van der Waals surface area contributed by atoms with Crippen molar-refractivity contribution < 1.29 is 0 Å². The van der Waals surface area contributed by atoms with Crippen LogP contribution in [0.1, 0.15) is 42.1 Å². The quantitative estimate of drug-likeness (QED) is 0.838. The molecule has 0 fully saturated rings. The maximum absolute atomic E-state index is 6.17. The second-order valence-corrected chi connectivity index (χ2v) is 6.51. The van der Waals surface area contributed by atoms with Gasteiger partial charge in [0, 0.05) is 25.2 Å². The molecule has 21 heavy (non-hydrogen) atoms. The molecule has 120 valence electrons. The van der Waals surface area contributed by atoms with Crippen LogP contribution in [-0.4, -0.2) is 49.6 Å². The lowest BCUT2D eigenvalue weighted by Crippen LogP contribution is -2.44. The first kappa shape index (κ1) is 18.1. The topological polar surface area (TPSA) is 32.5 Å². The summed E-state index contributed by atoms with van der Waals surface area (Å²) in [7, 11) is 4.26. The van der Waals surface area contributed by atoms with Gasteiger partial charge in [0.15, 0.2) is 0 Å². The summed E-state index contributed by atoms with van der Waals surface area (Å²) in [4.78, 5) is 4.78. The molecule has 0 saturated heterocycles. The van der Waals surface area contributed by atoms with Gasteiger partial charge in [0.1, 0.15) is 0 Å². The zero-order valence-corrected chi connectivity index (χ0v) is 14.9. The summed E-state index contributed by atoms with van der Waals surface area (Å²) in [5, 5.41) is 0. The number of likely N-dealkylation sites (N-methyl/N-ethyl adjacent to an activating group) is 2. The molecular formula is C18H33N3. The number of hydrogen-bond donors (Lipinski definition) is 1. The average molecular weight is 291 g/mol. The van der Waals surface area contributed by atoms with E-state index in [-0.39, 0.29) is 0 Å². The van der Waals surface area contributed by atoms with Crippen molar-refractivity contribution in [2.75, 3.05) is 33.7 Å². The third-order valence-electron chi connectivity index (χ3n) is 4.26. The van der Waals surface area contributed by atoms with E-state index in [4.69, 9.17) is 5.73 Å². The Morgan fingerprint density at radius 3 is 2.00 bits per heavy atom. The predicted octanol–water partition coefficient (Wildman–Crippen LogP) is 2.88. The molecule has 1 aromatic rings. The summed E-state index contributed by atoms with van der Waals surface area (Å²) in [6, 6.07) is 5.33. The molecule has 0 aliphatic carbocycles. The number of hydrogen-bond acceptors (Lipinski definition) is 3. The van der Waals surface area contributed by atoms with Crippen LogP contribution in [0.15, 0.2) is 12.1 Å². The Morgan fingerprint density at radius 2 is 1.62 bits per heavy atom. The number of nitrogens with zero attached hydrogens (tertiary/aromatic N) is 2. The van der Waals surface area contributed by atoms with E-state index in [1.165, 1.54) is 22.3 Å². The lowest BCUT2D eigenvalue weighted by Gasteiger charge is -2.38. The van der Waals surface area contributed by atoms with Gasteiger partial charge in [0.05, 0.1) is 0 Å². The van der Waals surface area contributed by atoms with Crippen LogP contribution >= 0.6 is 0 Å². The normalized spacial score (nSPS) is 14.8. The van der Waals surface area contributed by atoms with Gasteiger partial charge in [-0.3, -0.25) is 4.90 Å². The van der Waals surface area contributed by atoms with E-state index in [9.17, 15) is 0 Å². The van der Waals surface area contributed by atoms with Gasteiger partial charge < -0.3 is 10.6 Å². The second kappa shape index (κ2) is 7.92. The zero-order chi connectivity index (χ0) is 16.2. The number of benzene rings is 1. The molecule has 0 bridgehead atoms. The molecule has 3 heteroatoms. The van der Waals surface area contributed by atoms with Gasteiger partial charge >= 0.3 is 0 Å². The largest absolute Gasteiger partial charge is 0.329 e. The molecule has 0 saturated carbocycles. The molecule has 0 aromatic heterocycles. The van der Waals surface area contributed by atoms with E-state index in [0.717, 1.165) is 13.1 Å². The molecule has 0 radical (unpaired) electrons. The van der Waals surface area contributed by atoms with Crippen molar-refractivity contribution in [2.24, 2.45) is 5.73 Å². The fourth-order valence-corrected chi connectivity index (χ4v) is 3.61. The van der Waals surface area contributed by atoms with Crippen molar-refractivity contribution in [2.45, 2.75) is 46.7 Å². The fraction of sp³-hybridized carbons (Fsp3) is 0.667. The zero-order valence-electron chi connectivity index (χ0n) is 14.9. The summed E-state index contributed by atoms with van der Waals surface area (Å²) < 4.78 is 0. The fourth-order valence-electron chi connectivity index (χ4n) is 3.61. The van der Waals surface area contributed by atoms with Crippen LogP contribution in [0.2, 0.25) is 0 Å². The first-order chi connectivity index (χ1) is 9.81. The van der Waals surface area contributed by atoms with Crippen LogP contribution in [0.3, 0.4) is 0 Å². The van der Waals surface area contributed by atoms with Gasteiger partial charge in [-0.2, -0.15) is 0 Å². The van der Waals surface area contributed by atoms with Gasteiger partial charge in [-0.05, 0) is 65.0 Å². The highest BCUT2D eigenvalue weighted by Gasteiger charge is 2.25. The van der Waals surface area contributed by atoms with Gasteiger partial charge in [-0.15, -0.1) is 0 Å². The molecule has 0 aliphatic heterocycles. The van der Waals surface area contributed by atoms with Crippen molar-refractivity contribution in [1.82, 2.24) is 9.80 Å². The van der Waals surface area contributed by atoms with Crippen LogP contribution in [0, 0.1) is 20.8 Å². The minimum Gasteiger partial charge on any atom is -0.329 e. The summed E-state index contributed by atoms with van der Waals surface area (Å²) >= 11 is 0. The molecule has 1 aromatic carbocycles. The van der Waals surface area contributed by atoms with E-state index in [0.29, 0.717) is 18.6 Å². The van der Waals surface area contributed by atoms with E-state index in [1.54, 1.807) is 0 Å². The molecule has 2 N–H and O–H groups in total. The minimum absolute atomic E-state index is 0.297. The van der Waals surface area contributed by atoms with E-state index >= 15 is 0 Å². The van der Waals surface area contributed by atoms with Crippen molar-refractivity contribution in [3.8, 4) is 0 Å². The van der Waals surface area contributed by atoms with Crippen molar-refractivity contribution >= 4 is 0 Å². The standard InChI is InChI=1S/C18H33N3/c1-8-21(16(5)12-20(6)7)17(11-19)18-14(3)9-13(2)10-15(18)4/h9-10,16-17H,8,11-12,19H2,1-7H3. The summed E-state index contributed by atoms with van der Waals surface area (Å²) in [6.45, 7) is 13.8. The average Bonchev–Trinajstić information content (AvgIpc) is 2.35. The van der Waals surface area contributed by atoms with Crippen LogP contribution in [0.25, 0.3) is 0 Å². The molecular weight excluding hydrogens is 258 g/mol. The molecule has 0 heterocycles. The molecule has 2 atom stereocenters. The van der Waals surface area contributed by atoms with Crippen LogP contribution in [0.5, 0.6) is 0 Å². The molecule has 3 nitrogen and oxygen atoms in total. The Balaban J connectivity index is 3.16.